The van der Waals surface area contributed by atoms with Gasteiger partial charge in [-0.15, -0.1) is 0 Å². The molecule has 0 saturated carbocycles. The van der Waals surface area contributed by atoms with Crippen LogP contribution >= 0.6 is 15.9 Å². The first kappa shape index (κ1) is 14.0. The minimum atomic E-state index is -3.46. The molecule has 100 valence electrons. The van der Waals surface area contributed by atoms with E-state index in [4.69, 9.17) is 4.74 Å². The highest BCUT2D eigenvalue weighted by atomic mass is 79.9. The number of hydrogen-bond donors (Lipinski definition) is 1. The Morgan fingerprint density at radius 3 is 2.61 bits per heavy atom. The minimum Gasteiger partial charge on any atom is -0.377 e. The molecule has 4 nitrogen and oxygen atoms in total. The normalized spacial score (nSPS) is 22.0. The lowest BCUT2D eigenvalue weighted by Crippen LogP contribution is -2.40. The fourth-order valence-electron chi connectivity index (χ4n) is 2.00. The highest BCUT2D eigenvalue weighted by molar-refractivity contribution is 9.10. The molecule has 6 heteroatoms. The second-order valence-electron chi connectivity index (χ2n) is 4.42. The Balaban J connectivity index is 2.09. The zero-order chi connectivity index (χ0) is 13.2. The Bertz CT molecular complexity index is 495. The van der Waals surface area contributed by atoms with Gasteiger partial charge in [0.15, 0.2) is 0 Å². The molecule has 0 spiro atoms. The summed E-state index contributed by atoms with van der Waals surface area (Å²) < 4.78 is 33.3. The Hall–Kier alpha value is -0.430. The van der Waals surface area contributed by atoms with E-state index in [9.17, 15) is 8.42 Å². The second kappa shape index (κ2) is 5.69. The molecule has 0 aromatic heterocycles. The molecule has 1 N–H and O–H groups in total. The summed E-state index contributed by atoms with van der Waals surface area (Å²) in [5.41, 5.74) is 0. The lowest BCUT2D eigenvalue weighted by atomic mass is 10.1. The van der Waals surface area contributed by atoms with Crippen LogP contribution < -0.4 is 4.72 Å². The maximum absolute atomic E-state index is 12.1. The molecule has 0 amide bonds. The van der Waals surface area contributed by atoms with Gasteiger partial charge < -0.3 is 4.74 Å². The second-order valence-corrected chi connectivity index (χ2v) is 7.05. The van der Waals surface area contributed by atoms with Gasteiger partial charge >= 0.3 is 0 Å². The Kier molecular flexibility index (Phi) is 4.42. The SMILES string of the molecule is C[C@H](NS(=O)(=O)c1ccc(Br)cc1)[C@@H]1CCCO1. The number of hydrogen-bond acceptors (Lipinski definition) is 3. The summed E-state index contributed by atoms with van der Waals surface area (Å²) in [5, 5.41) is 0. The molecule has 2 atom stereocenters. The maximum Gasteiger partial charge on any atom is 0.240 e. The van der Waals surface area contributed by atoms with Crippen molar-refractivity contribution in [3.63, 3.8) is 0 Å². The molecule has 1 aromatic carbocycles. The van der Waals surface area contributed by atoms with Gasteiger partial charge in [-0.2, -0.15) is 0 Å². The van der Waals surface area contributed by atoms with Gasteiger partial charge in [0.05, 0.1) is 11.0 Å². The highest BCUT2D eigenvalue weighted by Gasteiger charge is 2.26. The van der Waals surface area contributed by atoms with Crippen LogP contribution in [0.4, 0.5) is 0 Å². The molecule has 0 aliphatic carbocycles. The fraction of sp³-hybridized carbons (Fsp3) is 0.500. The van der Waals surface area contributed by atoms with Crippen molar-refractivity contribution in [3.8, 4) is 0 Å². The fourth-order valence-corrected chi connectivity index (χ4v) is 3.54. The molecular formula is C12H16BrNO3S. The number of sulfonamides is 1. The van der Waals surface area contributed by atoms with E-state index in [1.165, 1.54) is 0 Å². The third-order valence-electron chi connectivity index (χ3n) is 2.99. The van der Waals surface area contributed by atoms with E-state index < -0.39 is 10.0 Å². The topological polar surface area (TPSA) is 55.4 Å². The molecule has 1 saturated heterocycles. The van der Waals surface area contributed by atoms with Crippen LogP contribution in [0.2, 0.25) is 0 Å². The number of nitrogens with one attached hydrogen (secondary N) is 1. The lowest BCUT2D eigenvalue weighted by Gasteiger charge is -2.19. The smallest absolute Gasteiger partial charge is 0.240 e. The Morgan fingerprint density at radius 2 is 2.06 bits per heavy atom. The molecule has 1 heterocycles. The van der Waals surface area contributed by atoms with Crippen molar-refractivity contribution < 1.29 is 13.2 Å². The summed E-state index contributed by atoms with van der Waals surface area (Å²) in [6.45, 7) is 2.56. The maximum atomic E-state index is 12.1. The van der Waals surface area contributed by atoms with Crippen LogP contribution in [0.1, 0.15) is 19.8 Å². The molecule has 0 unspecified atom stereocenters. The molecule has 1 aliphatic heterocycles. The third-order valence-corrected chi connectivity index (χ3v) is 5.09. The van der Waals surface area contributed by atoms with Gasteiger partial charge in [0, 0.05) is 17.1 Å². The number of halogens is 1. The first-order chi connectivity index (χ1) is 8.49. The van der Waals surface area contributed by atoms with E-state index in [-0.39, 0.29) is 17.0 Å². The molecule has 2 rings (SSSR count). The van der Waals surface area contributed by atoms with Crippen LogP contribution in [-0.2, 0) is 14.8 Å². The molecule has 1 aliphatic rings. The van der Waals surface area contributed by atoms with Crippen molar-refractivity contribution in [1.29, 1.82) is 0 Å². The molecular weight excluding hydrogens is 318 g/mol. The van der Waals surface area contributed by atoms with E-state index in [0.29, 0.717) is 0 Å². The van der Waals surface area contributed by atoms with Gasteiger partial charge in [0.25, 0.3) is 0 Å². The molecule has 0 bridgehead atoms. The molecule has 1 aromatic rings. The molecule has 1 fully saturated rings. The zero-order valence-corrected chi connectivity index (χ0v) is 12.5. The first-order valence-electron chi connectivity index (χ1n) is 5.88. The van der Waals surface area contributed by atoms with Crippen LogP contribution in [0, 0.1) is 0 Å². The standard InChI is InChI=1S/C12H16BrNO3S/c1-9(12-3-2-8-17-12)14-18(15,16)11-6-4-10(13)5-7-11/h4-7,9,12,14H,2-3,8H2,1H3/t9-,12-/m0/s1. The third kappa shape index (κ3) is 3.32. The van der Waals surface area contributed by atoms with Crippen molar-refractivity contribution in [2.75, 3.05) is 6.61 Å². The Labute approximate surface area is 116 Å². The average molecular weight is 334 g/mol. The van der Waals surface area contributed by atoms with Crippen molar-refractivity contribution in [3.05, 3.63) is 28.7 Å². The summed E-state index contributed by atoms with van der Waals surface area (Å²) in [6, 6.07) is 6.38. The minimum absolute atomic E-state index is 0.0183. The van der Waals surface area contributed by atoms with Gasteiger partial charge in [-0.05, 0) is 44.0 Å². The average Bonchev–Trinajstić information content (AvgIpc) is 2.82. The predicted molar refractivity (Wildman–Crippen MR) is 72.9 cm³/mol. The monoisotopic (exact) mass is 333 g/mol. The van der Waals surface area contributed by atoms with E-state index in [1.807, 2.05) is 6.92 Å². The van der Waals surface area contributed by atoms with Crippen LogP contribution in [0.5, 0.6) is 0 Å². The van der Waals surface area contributed by atoms with Crippen LogP contribution in [0.15, 0.2) is 33.6 Å². The van der Waals surface area contributed by atoms with Gasteiger partial charge in [-0.25, -0.2) is 13.1 Å². The summed E-state index contributed by atoms with van der Waals surface area (Å²) in [4.78, 5) is 0.274. The van der Waals surface area contributed by atoms with Gasteiger partial charge in [-0.3, -0.25) is 0 Å². The van der Waals surface area contributed by atoms with E-state index in [2.05, 4.69) is 20.7 Å². The van der Waals surface area contributed by atoms with Gasteiger partial charge in [0.1, 0.15) is 0 Å². The van der Waals surface area contributed by atoms with Crippen LogP contribution in [0.25, 0.3) is 0 Å². The van der Waals surface area contributed by atoms with Gasteiger partial charge in [-0.1, -0.05) is 15.9 Å². The number of rotatable bonds is 4. The number of benzene rings is 1. The van der Waals surface area contributed by atoms with Crippen molar-refractivity contribution in [2.45, 2.75) is 36.8 Å². The molecule has 0 radical (unpaired) electrons. The largest absolute Gasteiger partial charge is 0.377 e. The quantitative estimate of drug-likeness (QED) is 0.919. The van der Waals surface area contributed by atoms with E-state index in [1.54, 1.807) is 24.3 Å². The zero-order valence-electron chi connectivity index (χ0n) is 10.1. The van der Waals surface area contributed by atoms with Crippen LogP contribution in [-0.4, -0.2) is 27.2 Å². The summed E-state index contributed by atoms with van der Waals surface area (Å²) >= 11 is 3.28. The van der Waals surface area contributed by atoms with Crippen molar-refractivity contribution in [2.24, 2.45) is 0 Å². The van der Waals surface area contributed by atoms with Crippen LogP contribution in [0.3, 0.4) is 0 Å². The first-order valence-corrected chi connectivity index (χ1v) is 8.16. The van der Waals surface area contributed by atoms with Gasteiger partial charge in [0.2, 0.25) is 10.0 Å². The summed E-state index contributed by atoms with van der Waals surface area (Å²) in [5.74, 6) is 0. The number of ether oxygens (including phenoxy) is 1. The summed E-state index contributed by atoms with van der Waals surface area (Å²) in [6.07, 6.45) is 1.88. The van der Waals surface area contributed by atoms with E-state index in [0.717, 1.165) is 23.9 Å². The molecule has 18 heavy (non-hydrogen) atoms. The lowest BCUT2D eigenvalue weighted by molar-refractivity contribution is 0.0902. The van der Waals surface area contributed by atoms with E-state index >= 15 is 0 Å². The predicted octanol–water partition coefficient (Wildman–Crippen LogP) is 2.29. The Morgan fingerprint density at radius 1 is 1.39 bits per heavy atom. The highest BCUT2D eigenvalue weighted by Crippen LogP contribution is 2.19. The van der Waals surface area contributed by atoms with Crippen molar-refractivity contribution >= 4 is 26.0 Å². The summed E-state index contributed by atoms with van der Waals surface area (Å²) in [7, 11) is -3.46. The van der Waals surface area contributed by atoms with Crippen molar-refractivity contribution in [1.82, 2.24) is 4.72 Å².